The van der Waals surface area contributed by atoms with Crippen LogP contribution in [0.25, 0.3) is 0 Å². The largest absolute Gasteiger partial charge is 0.472 e. The first-order chi connectivity index (χ1) is 23.0. The molecule has 9 nitrogen and oxygen atoms in total. The predicted octanol–water partition coefficient (Wildman–Crippen LogP) is 9.57. The monoisotopic (exact) mass is 698 g/mol. The maximum atomic E-state index is 12.5. The molecule has 0 radical (unpaired) electrons. The molecule has 1 N–H and O–H groups in total. The van der Waals surface area contributed by atoms with Gasteiger partial charge in [-0.05, 0) is 38.5 Å². The minimum absolute atomic E-state index is 0.0184. The number of carbonyl (C=O) groups excluding carboxylic acids is 2. The molecule has 0 saturated carbocycles. The van der Waals surface area contributed by atoms with Gasteiger partial charge in [0, 0.05) is 12.8 Å². The normalized spacial score (nSPS) is 14.4. The van der Waals surface area contributed by atoms with Crippen LogP contribution in [-0.4, -0.2) is 74.9 Å². The van der Waals surface area contributed by atoms with E-state index in [0.29, 0.717) is 17.4 Å². The molecule has 0 fully saturated rings. The fourth-order valence-corrected chi connectivity index (χ4v) is 5.24. The Morgan fingerprint density at radius 2 is 1.19 bits per heavy atom. The topological polar surface area (TPSA) is 108 Å². The Morgan fingerprint density at radius 3 is 1.73 bits per heavy atom. The van der Waals surface area contributed by atoms with Gasteiger partial charge in [0.1, 0.15) is 19.8 Å². The highest BCUT2D eigenvalue weighted by molar-refractivity contribution is 7.47. The molecular formula is C38H69NO8P+. The van der Waals surface area contributed by atoms with Gasteiger partial charge in [-0.2, -0.15) is 0 Å². The number of hydrogen-bond donors (Lipinski definition) is 1. The quantitative estimate of drug-likeness (QED) is 0.0243. The van der Waals surface area contributed by atoms with Gasteiger partial charge in [0.25, 0.3) is 0 Å². The van der Waals surface area contributed by atoms with Crippen molar-refractivity contribution in [2.45, 2.75) is 136 Å². The van der Waals surface area contributed by atoms with Crippen molar-refractivity contribution in [2.75, 3.05) is 47.5 Å². The Hall–Kier alpha value is -2.03. The summed E-state index contributed by atoms with van der Waals surface area (Å²) >= 11 is 0. The van der Waals surface area contributed by atoms with Gasteiger partial charge < -0.3 is 18.9 Å². The van der Waals surface area contributed by atoms with Gasteiger partial charge in [-0.15, -0.1) is 0 Å². The summed E-state index contributed by atoms with van der Waals surface area (Å²) < 4.78 is 34.0. The smallest absolute Gasteiger partial charge is 0.462 e. The lowest BCUT2D eigenvalue weighted by Gasteiger charge is -2.24. The molecule has 48 heavy (non-hydrogen) atoms. The van der Waals surface area contributed by atoms with Crippen molar-refractivity contribution in [2.24, 2.45) is 0 Å². The third-order valence-corrected chi connectivity index (χ3v) is 8.37. The fraction of sp³-hybridized carbons (Fsp3) is 0.737. The zero-order valence-corrected chi connectivity index (χ0v) is 31.8. The number of esters is 2. The Kier molecular flexibility index (Phi) is 29.7. The van der Waals surface area contributed by atoms with Crippen LogP contribution in [0.5, 0.6) is 0 Å². The van der Waals surface area contributed by atoms with Gasteiger partial charge in [0.15, 0.2) is 6.10 Å². The summed E-state index contributed by atoms with van der Waals surface area (Å²) in [5, 5.41) is 0. The molecule has 0 spiro atoms. The van der Waals surface area contributed by atoms with Crippen LogP contribution >= 0.6 is 7.82 Å². The highest BCUT2D eigenvalue weighted by Crippen LogP contribution is 2.43. The van der Waals surface area contributed by atoms with E-state index in [-0.39, 0.29) is 26.1 Å². The molecule has 0 aliphatic carbocycles. The lowest BCUT2D eigenvalue weighted by molar-refractivity contribution is -0.870. The van der Waals surface area contributed by atoms with E-state index in [9.17, 15) is 19.0 Å². The summed E-state index contributed by atoms with van der Waals surface area (Å²) in [6, 6.07) is 0. The first-order valence-corrected chi connectivity index (χ1v) is 19.9. The van der Waals surface area contributed by atoms with E-state index < -0.39 is 32.5 Å². The van der Waals surface area contributed by atoms with Crippen LogP contribution in [0.15, 0.2) is 48.6 Å². The maximum Gasteiger partial charge on any atom is 0.472 e. The lowest BCUT2D eigenvalue weighted by Crippen LogP contribution is -2.37. The van der Waals surface area contributed by atoms with Crippen LogP contribution in [-0.2, 0) is 32.7 Å². The Bertz CT molecular complexity index is 970. The molecule has 278 valence electrons. The molecule has 0 aliphatic heterocycles. The molecule has 0 aromatic rings. The van der Waals surface area contributed by atoms with Crippen molar-refractivity contribution in [3.05, 3.63) is 48.6 Å². The zero-order valence-electron chi connectivity index (χ0n) is 31.0. The number of rotatable bonds is 32. The fourth-order valence-electron chi connectivity index (χ4n) is 4.50. The van der Waals surface area contributed by atoms with Crippen molar-refractivity contribution in [3.8, 4) is 0 Å². The van der Waals surface area contributed by atoms with Gasteiger partial charge in [0.05, 0.1) is 27.7 Å². The molecule has 2 atom stereocenters. The van der Waals surface area contributed by atoms with E-state index in [1.165, 1.54) is 51.4 Å². The molecule has 0 aromatic carbocycles. The van der Waals surface area contributed by atoms with Crippen LogP contribution < -0.4 is 0 Å². The van der Waals surface area contributed by atoms with Crippen molar-refractivity contribution >= 4 is 19.8 Å². The average Bonchev–Trinajstić information content (AvgIpc) is 3.02. The molecule has 0 amide bonds. The lowest BCUT2D eigenvalue weighted by atomic mass is 10.1. The number of unbranched alkanes of at least 4 members (excludes halogenated alkanes) is 10. The number of nitrogens with zero attached hydrogens (tertiary/aromatic N) is 1. The van der Waals surface area contributed by atoms with Gasteiger partial charge in [-0.25, -0.2) is 4.57 Å². The van der Waals surface area contributed by atoms with Crippen LogP contribution in [0.3, 0.4) is 0 Å². The third kappa shape index (κ3) is 33.9. The summed E-state index contributed by atoms with van der Waals surface area (Å²) in [4.78, 5) is 35.0. The van der Waals surface area contributed by atoms with E-state index in [1.54, 1.807) is 0 Å². The van der Waals surface area contributed by atoms with Crippen molar-refractivity contribution in [3.63, 3.8) is 0 Å². The molecule has 0 aliphatic rings. The second-order valence-corrected chi connectivity index (χ2v) is 14.7. The molecule has 10 heteroatoms. The zero-order chi connectivity index (χ0) is 35.8. The molecule has 2 unspecified atom stereocenters. The van der Waals surface area contributed by atoms with Gasteiger partial charge in [0.2, 0.25) is 0 Å². The summed E-state index contributed by atoms with van der Waals surface area (Å²) in [5.41, 5.74) is 0. The SMILES string of the molecule is CC/C=C\C/C=C\C/C=C\C/C=C\CCC(=O)OC(COC(=O)CCCCCCCCCCCCC)COP(=O)(O)OCC[N+](C)(C)C. The van der Waals surface area contributed by atoms with Crippen molar-refractivity contribution in [1.29, 1.82) is 0 Å². The Morgan fingerprint density at radius 1 is 0.667 bits per heavy atom. The second-order valence-electron chi connectivity index (χ2n) is 13.2. The van der Waals surface area contributed by atoms with Crippen molar-refractivity contribution < 1.29 is 42.1 Å². The first kappa shape index (κ1) is 46.0. The third-order valence-electron chi connectivity index (χ3n) is 7.39. The van der Waals surface area contributed by atoms with Gasteiger partial charge in [-0.1, -0.05) is 127 Å². The van der Waals surface area contributed by atoms with E-state index in [4.69, 9.17) is 18.5 Å². The summed E-state index contributed by atoms with van der Waals surface area (Å²) in [6.45, 7) is 4.18. The van der Waals surface area contributed by atoms with Crippen LogP contribution in [0.2, 0.25) is 0 Å². The Balaban J connectivity index is 4.59. The average molecular weight is 699 g/mol. The van der Waals surface area contributed by atoms with E-state index in [1.807, 2.05) is 33.3 Å². The number of ether oxygens (including phenoxy) is 2. The van der Waals surface area contributed by atoms with Gasteiger partial charge in [-0.3, -0.25) is 18.6 Å². The van der Waals surface area contributed by atoms with Crippen LogP contribution in [0, 0.1) is 0 Å². The molecule has 0 aromatic heterocycles. The number of phosphoric ester groups is 1. The van der Waals surface area contributed by atoms with E-state index in [2.05, 4.69) is 50.3 Å². The van der Waals surface area contributed by atoms with Crippen molar-refractivity contribution in [1.82, 2.24) is 0 Å². The highest BCUT2D eigenvalue weighted by atomic mass is 31.2. The van der Waals surface area contributed by atoms with Crippen LogP contribution in [0.4, 0.5) is 0 Å². The van der Waals surface area contributed by atoms with E-state index in [0.717, 1.165) is 44.9 Å². The molecule has 0 heterocycles. The summed E-state index contributed by atoms with van der Waals surface area (Å²) in [6.07, 6.45) is 33.2. The molecule has 0 bridgehead atoms. The first-order valence-electron chi connectivity index (χ1n) is 18.4. The number of hydrogen-bond acceptors (Lipinski definition) is 7. The summed E-state index contributed by atoms with van der Waals surface area (Å²) in [5.74, 6) is -0.899. The van der Waals surface area contributed by atoms with Crippen LogP contribution in [0.1, 0.15) is 129 Å². The standard InChI is InChI=1S/C38H68NO8P/c1-6-8-10-12-14-16-18-19-21-23-25-27-29-31-38(41)47-36(35-46-48(42,43)45-33-32-39(3,4)5)34-44-37(40)30-28-26-24-22-20-17-15-13-11-9-7-2/h8,10,14,16,19,21,25,27,36H,6-7,9,11-13,15,17-18,20,22-24,26,28-35H2,1-5H3/p+1/b10-8-,16-14-,21-19-,27-25-. The highest BCUT2D eigenvalue weighted by Gasteiger charge is 2.27. The molecule has 0 rings (SSSR count). The maximum absolute atomic E-state index is 12.5. The number of quaternary nitrogens is 1. The second kappa shape index (κ2) is 31.0. The van der Waals surface area contributed by atoms with E-state index >= 15 is 0 Å². The number of carbonyl (C=O) groups is 2. The van der Waals surface area contributed by atoms with Gasteiger partial charge >= 0.3 is 19.8 Å². The molecular weight excluding hydrogens is 629 g/mol. The number of phosphoric acid groups is 1. The predicted molar refractivity (Wildman–Crippen MR) is 196 cm³/mol. The Labute approximate surface area is 293 Å². The summed E-state index contributed by atoms with van der Waals surface area (Å²) in [7, 11) is 1.43. The minimum Gasteiger partial charge on any atom is -0.462 e. The number of likely N-dealkylation sites (N-methyl/N-ethyl adjacent to an activating group) is 1. The minimum atomic E-state index is -4.38. The molecule has 0 saturated heterocycles. The number of allylic oxidation sites excluding steroid dienone is 8.